The molecular formula is C10H9N3. The van der Waals surface area contributed by atoms with Crippen LogP contribution in [0.4, 0.5) is 0 Å². The van der Waals surface area contributed by atoms with E-state index in [1.54, 1.807) is 0 Å². The summed E-state index contributed by atoms with van der Waals surface area (Å²) in [6.45, 7) is 0. The number of hydrogen-bond donors (Lipinski definition) is 0. The van der Waals surface area contributed by atoms with Crippen LogP contribution in [0.15, 0.2) is 30.6 Å². The predicted octanol–water partition coefficient (Wildman–Crippen LogP) is 1.79. The van der Waals surface area contributed by atoms with Crippen molar-refractivity contribution >= 4 is 5.52 Å². The summed E-state index contributed by atoms with van der Waals surface area (Å²) in [6.07, 6.45) is 5.03. The van der Waals surface area contributed by atoms with Crippen LogP contribution in [0.25, 0.3) is 5.52 Å². The molecule has 0 radical (unpaired) electrons. The highest BCUT2D eigenvalue weighted by molar-refractivity contribution is 5.45. The summed E-state index contributed by atoms with van der Waals surface area (Å²) >= 11 is 0. The van der Waals surface area contributed by atoms with Crippen LogP contribution < -0.4 is 0 Å². The molecule has 0 bridgehead atoms. The fourth-order valence-electron chi connectivity index (χ4n) is 1.35. The van der Waals surface area contributed by atoms with Gasteiger partial charge in [0.05, 0.1) is 17.8 Å². The molecule has 0 unspecified atom stereocenters. The zero-order valence-corrected chi connectivity index (χ0v) is 7.14. The van der Waals surface area contributed by atoms with Gasteiger partial charge in [-0.1, -0.05) is 6.07 Å². The van der Waals surface area contributed by atoms with Crippen LogP contribution in [-0.2, 0) is 6.42 Å². The second-order valence-corrected chi connectivity index (χ2v) is 2.83. The van der Waals surface area contributed by atoms with Crippen molar-refractivity contribution in [2.75, 3.05) is 0 Å². The van der Waals surface area contributed by atoms with Crippen molar-refractivity contribution in [1.82, 2.24) is 9.38 Å². The first-order chi connectivity index (χ1) is 6.42. The van der Waals surface area contributed by atoms with Crippen LogP contribution in [-0.4, -0.2) is 9.38 Å². The van der Waals surface area contributed by atoms with Gasteiger partial charge in [0.25, 0.3) is 0 Å². The first kappa shape index (κ1) is 7.81. The molecule has 0 N–H and O–H groups in total. The van der Waals surface area contributed by atoms with E-state index in [4.69, 9.17) is 5.26 Å². The van der Waals surface area contributed by atoms with Gasteiger partial charge in [0.15, 0.2) is 0 Å². The molecule has 2 aromatic heterocycles. The van der Waals surface area contributed by atoms with E-state index in [9.17, 15) is 0 Å². The summed E-state index contributed by atoms with van der Waals surface area (Å²) in [5.41, 5.74) is 1.08. The summed E-state index contributed by atoms with van der Waals surface area (Å²) in [7, 11) is 0. The Kier molecular flexibility index (Phi) is 1.97. The van der Waals surface area contributed by atoms with Crippen molar-refractivity contribution in [1.29, 1.82) is 5.26 Å². The van der Waals surface area contributed by atoms with E-state index in [0.29, 0.717) is 12.8 Å². The summed E-state index contributed by atoms with van der Waals surface area (Å²) in [4.78, 5) is 4.24. The number of hydrogen-bond acceptors (Lipinski definition) is 2. The smallest absolute Gasteiger partial charge is 0.114 e. The van der Waals surface area contributed by atoms with Gasteiger partial charge in [0, 0.05) is 19.0 Å². The van der Waals surface area contributed by atoms with Crippen molar-refractivity contribution in [3.63, 3.8) is 0 Å². The van der Waals surface area contributed by atoms with Gasteiger partial charge in [-0.3, -0.25) is 0 Å². The lowest BCUT2D eigenvalue weighted by atomic mass is 10.3. The van der Waals surface area contributed by atoms with Crippen LogP contribution in [0, 0.1) is 11.3 Å². The number of imidazole rings is 1. The molecule has 0 aliphatic carbocycles. The third-order valence-corrected chi connectivity index (χ3v) is 1.98. The maximum Gasteiger partial charge on any atom is 0.114 e. The van der Waals surface area contributed by atoms with Crippen molar-refractivity contribution in [3.8, 4) is 6.07 Å². The van der Waals surface area contributed by atoms with Crippen molar-refractivity contribution < 1.29 is 0 Å². The lowest BCUT2D eigenvalue weighted by Gasteiger charge is -1.96. The minimum Gasteiger partial charge on any atom is -0.304 e. The van der Waals surface area contributed by atoms with Gasteiger partial charge in [-0.05, 0) is 12.1 Å². The topological polar surface area (TPSA) is 41.1 Å². The van der Waals surface area contributed by atoms with Crippen molar-refractivity contribution in [3.05, 3.63) is 36.4 Å². The number of aryl methyl sites for hydroxylation is 1. The molecule has 0 aliphatic rings. The van der Waals surface area contributed by atoms with Gasteiger partial charge in [-0.25, -0.2) is 4.98 Å². The second kappa shape index (κ2) is 3.28. The first-order valence-electron chi connectivity index (χ1n) is 4.20. The summed E-state index contributed by atoms with van der Waals surface area (Å²) in [5, 5.41) is 8.45. The molecule has 2 aromatic rings. The Bertz CT molecular complexity index is 450. The average Bonchev–Trinajstić information content (AvgIpc) is 2.58. The van der Waals surface area contributed by atoms with Crippen molar-refractivity contribution in [2.45, 2.75) is 12.8 Å². The summed E-state index contributed by atoms with van der Waals surface area (Å²) in [5.74, 6) is 0.956. The molecular weight excluding hydrogens is 162 g/mol. The maximum absolute atomic E-state index is 8.45. The highest BCUT2D eigenvalue weighted by atomic mass is 15.0. The Morgan fingerprint density at radius 3 is 3.23 bits per heavy atom. The van der Waals surface area contributed by atoms with Gasteiger partial charge < -0.3 is 4.40 Å². The summed E-state index contributed by atoms with van der Waals surface area (Å²) in [6, 6.07) is 8.06. The molecule has 0 aromatic carbocycles. The zero-order valence-electron chi connectivity index (χ0n) is 7.14. The fourth-order valence-corrected chi connectivity index (χ4v) is 1.35. The monoisotopic (exact) mass is 171 g/mol. The van der Waals surface area contributed by atoms with Crippen LogP contribution in [0.1, 0.15) is 12.2 Å². The number of aromatic nitrogens is 2. The second-order valence-electron chi connectivity index (χ2n) is 2.83. The number of fused-ring (bicyclic) bond motifs is 1. The Hall–Kier alpha value is -1.82. The Labute approximate surface area is 76.3 Å². The van der Waals surface area contributed by atoms with Gasteiger partial charge in [-0.15, -0.1) is 0 Å². The SMILES string of the molecule is N#CCCc1ncc2ccccn12. The third kappa shape index (κ3) is 1.38. The van der Waals surface area contributed by atoms with Gasteiger partial charge >= 0.3 is 0 Å². The maximum atomic E-state index is 8.45. The molecule has 0 saturated carbocycles. The molecule has 0 atom stereocenters. The minimum atomic E-state index is 0.522. The van der Waals surface area contributed by atoms with E-state index in [0.717, 1.165) is 11.3 Å². The molecule has 0 saturated heterocycles. The standard InChI is InChI=1S/C10H9N3/c11-6-3-5-10-12-8-9-4-1-2-7-13(9)10/h1-2,4,7-8H,3,5H2. The van der Waals surface area contributed by atoms with E-state index < -0.39 is 0 Å². The van der Waals surface area contributed by atoms with Crippen LogP contribution >= 0.6 is 0 Å². The lowest BCUT2D eigenvalue weighted by Crippen LogP contribution is -1.93. The van der Waals surface area contributed by atoms with Crippen LogP contribution in [0.2, 0.25) is 0 Å². The molecule has 3 nitrogen and oxygen atoms in total. The third-order valence-electron chi connectivity index (χ3n) is 1.98. The Morgan fingerprint density at radius 1 is 1.46 bits per heavy atom. The van der Waals surface area contributed by atoms with E-state index >= 15 is 0 Å². The van der Waals surface area contributed by atoms with Gasteiger partial charge in [-0.2, -0.15) is 5.26 Å². The van der Waals surface area contributed by atoms with E-state index in [2.05, 4.69) is 11.1 Å². The molecule has 64 valence electrons. The molecule has 0 amide bonds. The fraction of sp³-hybridized carbons (Fsp3) is 0.200. The molecule has 2 rings (SSSR count). The van der Waals surface area contributed by atoms with Crippen molar-refractivity contribution in [2.24, 2.45) is 0 Å². The molecule has 3 heteroatoms. The lowest BCUT2D eigenvalue weighted by molar-refractivity contribution is 0.879. The number of pyridine rings is 1. The van der Waals surface area contributed by atoms with E-state index in [-0.39, 0.29) is 0 Å². The largest absolute Gasteiger partial charge is 0.304 e. The number of rotatable bonds is 2. The zero-order chi connectivity index (χ0) is 9.10. The molecule has 0 fully saturated rings. The number of nitrogens with zero attached hydrogens (tertiary/aromatic N) is 3. The van der Waals surface area contributed by atoms with Crippen LogP contribution in [0.3, 0.4) is 0 Å². The quantitative estimate of drug-likeness (QED) is 0.691. The van der Waals surface area contributed by atoms with Gasteiger partial charge in [0.1, 0.15) is 5.82 Å². The van der Waals surface area contributed by atoms with E-state index in [1.165, 1.54) is 0 Å². The normalized spacial score (nSPS) is 10.1. The Balaban J connectivity index is 2.41. The molecule has 2 heterocycles. The molecule has 0 aliphatic heterocycles. The van der Waals surface area contributed by atoms with E-state index in [1.807, 2.05) is 35.0 Å². The highest BCUT2D eigenvalue weighted by Crippen LogP contribution is 2.07. The summed E-state index contributed by atoms with van der Waals surface area (Å²) < 4.78 is 2.01. The number of nitriles is 1. The minimum absolute atomic E-state index is 0.522. The molecule has 0 spiro atoms. The average molecular weight is 171 g/mol. The highest BCUT2D eigenvalue weighted by Gasteiger charge is 2.00. The van der Waals surface area contributed by atoms with Gasteiger partial charge in [0.2, 0.25) is 0 Å². The van der Waals surface area contributed by atoms with Crippen LogP contribution in [0.5, 0.6) is 0 Å². The first-order valence-corrected chi connectivity index (χ1v) is 4.20. The molecule has 13 heavy (non-hydrogen) atoms. The predicted molar refractivity (Wildman–Crippen MR) is 49.1 cm³/mol. The Morgan fingerprint density at radius 2 is 2.38 bits per heavy atom.